The highest BCUT2D eigenvalue weighted by molar-refractivity contribution is 7.95. The van der Waals surface area contributed by atoms with E-state index in [0.717, 1.165) is 34.3 Å². The van der Waals surface area contributed by atoms with Crippen molar-refractivity contribution in [1.29, 1.82) is 0 Å². The molecule has 0 radical (unpaired) electrons. The van der Waals surface area contributed by atoms with Gasteiger partial charge in [0, 0.05) is 12.2 Å². The first-order chi connectivity index (χ1) is 17.4. The summed E-state index contributed by atoms with van der Waals surface area (Å²) in [5, 5.41) is 26.7. The molecule has 3 aromatic rings. The molecule has 2 N–H and O–H groups in total. The molecule has 0 aliphatic carbocycles. The summed E-state index contributed by atoms with van der Waals surface area (Å²) in [5.74, 6) is 0.348. The quantitative estimate of drug-likeness (QED) is 0.238. The topological polar surface area (TPSA) is 49.7 Å². The lowest BCUT2D eigenvalue weighted by Gasteiger charge is -2.33. The second-order valence-corrected chi connectivity index (χ2v) is 15.6. The number of unbranched alkanes of at least 4 members (excludes halogenated alkanes) is 1. The average Bonchev–Trinajstić information content (AvgIpc) is 2.85. The number of aliphatic hydroxyl groups excluding tert-OH is 1. The summed E-state index contributed by atoms with van der Waals surface area (Å²) in [5.41, 5.74) is 1.79. The summed E-state index contributed by atoms with van der Waals surface area (Å²) in [6.45, 7) is 16.2. The predicted molar refractivity (Wildman–Crippen MR) is 161 cm³/mol. The maximum absolute atomic E-state index is 12.0. The van der Waals surface area contributed by atoms with Crippen LogP contribution in [0.5, 0.6) is 5.75 Å². The van der Waals surface area contributed by atoms with Gasteiger partial charge in [-0.1, -0.05) is 97.4 Å². The van der Waals surface area contributed by atoms with E-state index < -0.39 is 13.4 Å². The number of hydrogen-bond donors (Lipinski definition) is 2. The normalized spacial score (nSPS) is 13.5. The van der Waals surface area contributed by atoms with Gasteiger partial charge in [-0.05, 0) is 53.1 Å². The molecule has 0 spiro atoms. The largest absolute Gasteiger partial charge is 0.504 e. The number of aromatic hydroxyl groups is 1. The maximum Gasteiger partial charge on any atom is 0.162 e. The second-order valence-electron chi connectivity index (χ2n) is 12.1. The summed E-state index contributed by atoms with van der Waals surface area (Å²) in [6.07, 6.45) is 1.87. The lowest BCUT2D eigenvalue weighted by Crippen LogP contribution is -2.39. The van der Waals surface area contributed by atoms with Crippen molar-refractivity contribution in [2.45, 2.75) is 78.2 Å². The Labute approximate surface area is 225 Å². The van der Waals surface area contributed by atoms with E-state index in [1.54, 1.807) is 0 Å². The van der Waals surface area contributed by atoms with E-state index in [1.807, 2.05) is 12.1 Å². The zero-order valence-electron chi connectivity index (χ0n) is 23.8. The van der Waals surface area contributed by atoms with Gasteiger partial charge in [0.15, 0.2) is 5.75 Å². The highest BCUT2D eigenvalue weighted by Gasteiger charge is 2.50. The fourth-order valence-corrected chi connectivity index (χ4v) is 9.26. The van der Waals surface area contributed by atoms with Gasteiger partial charge in [-0.15, -0.1) is 0 Å². The number of hydrogen-bond acceptors (Lipinski definition) is 3. The third kappa shape index (κ3) is 6.82. The van der Waals surface area contributed by atoms with Gasteiger partial charge in [-0.2, -0.15) is 0 Å². The van der Waals surface area contributed by atoms with E-state index in [9.17, 15) is 10.2 Å². The monoisotopic (exact) mass is 521 g/mol. The van der Waals surface area contributed by atoms with E-state index in [0.29, 0.717) is 18.5 Å². The molecule has 0 saturated carbocycles. The molecule has 0 fully saturated rings. The number of phenols is 1. The molecule has 0 aliphatic heterocycles. The third-order valence-corrected chi connectivity index (χ3v) is 11.5. The van der Waals surface area contributed by atoms with Gasteiger partial charge in [-0.25, -0.2) is 0 Å². The van der Waals surface area contributed by atoms with Gasteiger partial charge in [0.25, 0.3) is 0 Å². The van der Waals surface area contributed by atoms with Crippen LogP contribution < -0.4 is 15.9 Å². The summed E-state index contributed by atoms with van der Waals surface area (Å²) in [6, 6.07) is 25.3. The Bertz CT molecular complexity index is 1090. The molecule has 1 atom stereocenters. The minimum absolute atomic E-state index is 0.104. The van der Waals surface area contributed by atoms with Crippen LogP contribution in [0.1, 0.15) is 72.4 Å². The zero-order chi connectivity index (χ0) is 27.3. The third-order valence-electron chi connectivity index (χ3n) is 7.01. The summed E-state index contributed by atoms with van der Waals surface area (Å²) in [4.78, 5) is 0. The number of phenolic OH excluding ortho intramolecular Hbond substituents is 1. The van der Waals surface area contributed by atoms with Crippen molar-refractivity contribution in [2.75, 3.05) is 19.4 Å². The van der Waals surface area contributed by atoms with Crippen LogP contribution in [0.3, 0.4) is 0 Å². The summed E-state index contributed by atoms with van der Waals surface area (Å²) < 4.78 is 5.88. The van der Waals surface area contributed by atoms with E-state index in [1.165, 1.54) is 5.56 Å². The van der Waals surface area contributed by atoms with Crippen LogP contribution in [0, 0.1) is 0 Å². The molecule has 4 heteroatoms. The van der Waals surface area contributed by atoms with Crippen LogP contribution in [0.15, 0.2) is 72.8 Å². The van der Waals surface area contributed by atoms with Gasteiger partial charge in [0.2, 0.25) is 0 Å². The molecule has 3 rings (SSSR count). The SMILES string of the molecule is CCCCOCC(O)C[P+](c1ccccc1)(c1ccccc1)c1cc(C(C)(C)C)cc(C(C)(C)C)c1O. The van der Waals surface area contributed by atoms with Crippen LogP contribution in [0.25, 0.3) is 0 Å². The van der Waals surface area contributed by atoms with Gasteiger partial charge in [-0.3, -0.25) is 0 Å². The van der Waals surface area contributed by atoms with Crippen LogP contribution >= 0.6 is 7.26 Å². The lowest BCUT2D eigenvalue weighted by molar-refractivity contribution is 0.0468. The summed E-state index contributed by atoms with van der Waals surface area (Å²) in [7, 11) is -2.48. The Hall–Kier alpha value is -2.19. The Morgan fingerprint density at radius 2 is 1.35 bits per heavy atom. The van der Waals surface area contributed by atoms with Crippen LogP contribution in [0.4, 0.5) is 0 Å². The summed E-state index contributed by atoms with van der Waals surface area (Å²) >= 11 is 0. The van der Waals surface area contributed by atoms with E-state index in [4.69, 9.17) is 4.74 Å². The zero-order valence-corrected chi connectivity index (χ0v) is 24.7. The predicted octanol–water partition coefficient (Wildman–Crippen LogP) is 6.46. The second kappa shape index (κ2) is 12.1. The Kier molecular flexibility index (Phi) is 9.62. The van der Waals surface area contributed by atoms with Crippen LogP contribution in [0.2, 0.25) is 0 Å². The van der Waals surface area contributed by atoms with Crippen molar-refractivity contribution in [1.82, 2.24) is 0 Å². The standard InChI is InChI=1S/C33H45O3P/c1-8-9-20-36-23-26(34)24-37(27-16-12-10-13-17-27,28-18-14-11-15-19-28)30-22-25(32(2,3)4)21-29(31(30)35)33(5,6)7/h10-19,21-22,26,34H,8-9,20,23-24H2,1-7H3/p+1. The van der Waals surface area contributed by atoms with Gasteiger partial charge in [0.05, 0.1) is 6.61 Å². The van der Waals surface area contributed by atoms with Gasteiger partial charge in [0.1, 0.15) is 35.4 Å². The molecule has 0 aromatic heterocycles. The van der Waals surface area contributed by atoms with Crippen molar-refractivity contribution < 1.29 is 14.9 Å². The molecule has 200 valence electrons. The number of benzene rings is 3. The Morgan fingerprint density at radius 3 is 1.81 bits per heavy atom. The molecule has 3 aromatic carbocycles. The minimum Gasteiger partial charge on any atom is -0.504 e. The number of ether oxygens (including phenoxy) is 1. The first kappa shape index (κ1) is 29.4. The van der Waals surface area contributed by atoms with E-state index >= 15 is 0 Å². The van der Waals surface area contributed by atoms with Crippen LogP contribution in [-0.4, -0.2) is 35.7 Å². The van der Waals surface area contributed by atoms with Gasteiger partial charge >= 0.3 is 0 Å². The number of aliphatic hydroxyl groups is 1. The van der Waals surface area contributed by atoms with E-state index in [2.05, 4.69) is 109 Å². The minimum atomic E-state index is -2.48. The molecule has 0 heterocycles. The molecule has 1 unspecified atom stereocenters. The van der Waals surface area contributed by atoms with E-state index in [-0.39, 0.29) is 17.4 Å². The first-order valence-electron chi connectivity index (χ1n) is 13.5. The highest BCUT2D eigenvalue weighted by atomic mass is 31.2. The molecule has 0 aliphatic rings. The first-order valence-corrected chi connectivity index (χ1v) is 15.5. The van der Waals surface area contributed by atoms with Crippen molar-refractivity contribution in [3.63, 3.8) is 0 Å². The average molecular weight is 522 g/mol. The molecular weight excluding hydrogens is 475 g/mol. The molecule has 3 nitrogen and oxygen atoms in total. The smallest absolute Gasteiger partial charge is 0.162 e. The Morgan fingerprint density at radius 1 is 0.811 bits per heavy atom. The molecule has 0 bridgehead atoms. The molecule has 0 saturated heterocycles. The van der Waals surface area contributed by atoms with Crippen molar-refractivity contribution in [3.05, 3.63) is 83.9 Å². The van der Waals surface area contributed by atoms with Crippen molar-refractivity contribution in [3.8, 4) is 5.75 Å². The van der Waals surface area contributed by atoms with Crippen molar-refractivity contribution in [2.24, 2.45) is 0 Å². The highest BCUT2D eigenvalue weighted by Crippen LogP contribution is 2.59. The van der Waals surface area contributed by atoms with Crippen molar-refractivity contribution >= 4 is 23.2 Å². The molecule has 0 amide bonds. The lowest BCUT2D eigenvalue weighted by atomic mass is 9.80. The fraction of sp³-hybridized carbons (Fsp3) is 0.455. The number of rotatable bonds is 10. The Balaban J connectivity index is 2.36. The van der Waals surface area contributed by atoms with Crippen LogP contribution in [-0.2, 0) is 15.6 Å². The fourth-order valence-electron chi connectivity index (χ4n) is 4.85. The molecule has 37 heavy (non-hydrogen) atoms. The molecular formula is C33H46O3P+. The van der Waals surface area contributed by atoms with Gasteiger partial charge < -0.3 is 14.9 Å². The maximum atomic E-state index is 12.0.